The molecule has 2 aliphatic rings. The smallest absolute Gasteiger partial charge is 0.163 e. The third-order valence-corrected chi connectivity index (χ3v) is 5.46. The van der Waals surface area contributed by atoms with E-state index in [-0.39, 0.29) is 16.8 Å². The van der Waals surface area contributed by atoms with Crippen LogP contribution >= 0.6 is 22.9 Å². The van der Waals surface area contributed by atoms with Gasteiger partial charge < -0.3 is 5.32 Å². The summed E-state index contributed by atoms with van der Waals surface area (Å²) in [6.45, 7) is 0. The molecule has 6 heteroatoms. The van der Waals surface area contributed by atoms with Crippen molar-refractivity contribution < 1.29 is 9.18 Å². The van der Waals surface area contributed by atoms with Gasteiger partial charge in [0.2, 0.25) is 0 Å². The Morgan fingerprint density at radius 1 is 1.33 bits per heavy atom. The molecule has 1 N–H and O–H groups in total. The summed E-state index contributed by atoms with van der Waals surface area (Å²) in [5.41, 5.74) is 1.96. The van der Waals surface area contributed by atoms with Crippen LogP contribution in [0.5, 0.6) is 0 Å². The minimum Gasteiger partial charge on any atom is -0.338 e. The van der Waals surface area contributed by atoms with Gasteiger partial charge in [-0.15, -0.1) is 11.3 Å². The van der Waals surface area contributed by atoms with Gasteiger partial charge in [-0.2, -0.15) is 0 Å². The molecular formula is C18H14ClFN2OS. The van der Waals surface area contributed by atoms with Crippen LogP contribution in [0.4, 0.5) is 4.39 Å². The molecule has 24 heavy (non-hydrogen) atoms. The predicted octanol–water partition coefficient (Wildman–Crippen LogP) is 4.42. The Labute approximate surface area is 147 Å². The van der Waals surface area contributed by atoms with Gasteiger partial charge in [0.05, 0.1) is 21.6 Å². The normalized spacial score (nSPS) is 20.5. The lowest BCUT2D eigenvalue weighted by molar-refractivity contribution is -0.116. The lowest BCUT2D eigenvalue weighted by Gasteiger charge is -2.30. The second kappa shape index (κ2) is 6.15. The number of Topliss-reactive ketones (excluding diaryl/α,β-unsaturated/α-hetero) is 1. The first kappa shape index (κ1) is 15.5. The highest BCUT2D eigenvalue weighted by molar-refractivity contribution is 7.12. The van der Waals surface area contributed by atoms with Crippen molar-refractivity contribution in [3.8, 4) is 0 Å². The van der Waals surface area contributed by atoms with Crippen LogP contribution in [0.1, 0.15) is 29.7 Å². The Balaban J connectivity index is 1.85. The van der Waals surface area contributed by atoms with Gasteiger partial charge in [0.15, 0.2) is 5.78 Å². The van der Waals surface area contributed by atoms with Crippen molar-refractivity contribution >= 4 is 40.3 Å². The number of thiophene rings is 1. The van der Waals surface area contributed by atoms with Crippen molar-refractivity contribution in [3.63, 3.8) is 0 Å². The number of rotatable bonds is 2. The number of nitrogens with zero attached hydrogens (tertiary/aromatic N) is 1. The van der Waals surface area contributed by atoms with Gasteiger partial charge in [0.25, 0.3) is 0 Å². The molecule has 1 aromatic carbocycles. The summed E-state index contributed by atoms with van der Waals surface area (Å²) >= 11 is 7.83. The van der Waals surface area contributed by atoms with Crippen LogP contribution in [0.15, 0.2) is 46.3 Å². The molecule has 2 heterocycles. The summed E-state index contributed by atoms with van der Waals surface area (Å²) in [7, 11) is 0. The first-order valence-electron chi connectivity index (χ1n) is 7.75. The Morgan fingerprint density at radius 3 is 2.96 bits per heavy atom. The molecule has 0 bridgehead atoms. The zero-order chi connectivity index (χ0) is 16.7. The van der Waals surface area contributed by atoms with Gasteiger partial charge >= 0.3 is 0 Å². The van der Waals surface area contributed by atoms with Gasteiger partial charge in [-0.25, -0.2) is 4.39 Å². The molecule has 0 amide bonds. The van der Waals surface area contributed by atoms with Gasteiger partial charge in [0.1, 0.15) is 11.7 Å². The first-order chi connectivity index (χ1) is 11.6. The Hall–Kier alpha value is -1.98. The third kappa shape index (κ3) is 2.68. The van der Waals surface area contributed by atoms with Crippen LogP contribution in [-0.4, -0.2) is 17.7 Å². The lowest BCUT2D eigenvalue weighted by atomic mass is 9.85. The highest BCUT2D eigenvalue weighted by Crippen LogP contribution is 2.35. The van der Waals surface area contributed by atoms with Gasteiger partial charge in [-0.05, 0) is 42.5 Å². The fraction of sp³-hybridized carbons (Fsp3) is 0.222. The molecule has 1 saturated carbocycles. The van der Waals surface area contributed by atoms with Crippen molar-refractivity contribution in [1.82, 2.24) is 5.32 Å². The SMILES string of the molecule is O=C1CCCC2N=C(c3cccs3)NC(c3ccc(F)cc3Cl)=C12. The summed E-state index contributed by atoms with van der Waals surface area (Å²) in [5, 5.41) is 5.54. The number of fused-ring (bicyclic) bond motifs is 1. The number of carbonyl (C=O) groups is 1. The van der Waals surface area contributed by atoms with E-state index in [0.717, 1.165) is 23.6 Å². The summed E-state index contributed by atoms with van der Waals surface area (Å²) in [4.78, 5) is 18.2. The number of halogens is 2. The molecule has 1 unspecified atom stereocenters. The Kier molecular flexibility index (Phi) is 3.98. The molecule has 122 valence electrons. The quantitative estimate of drug-likeness (QED) is 0.861. The predicted molar refractivity (Wildman–Crippen MR) is 95.0 cm³/mol. The maximum Gasteiger partial charge on any atom is 0.163 e. The molecule has 3 nitrogen and oxygen atoms in total. The van der Waals surface area contributed by atoms with Crippen molar-refractivity contribution in [3.05, 3.63) is 62.6 Å². The summed E-state index contributed by atoms with van der Waals surface area (Å²) < 4.78 is 13.4. The molecule has 1 aliphatic carbocycles. The molecular weight excluding hydrogens is 347 g/mol. The van der Waals surface area contributed by atoms with Crippen molar-refractivity contribution in [2.24, 2.45) is 4.99 Å². The maximum absolute atomic E-state index is 13.4. The Morgan fingerprint density at radius 2 is 2.21 bits per heavy atom. The van der Waals surface area contributed by atoms with E-state index in [1.165, 1.54) is 12.1 Å². The van der Waals surface area contributed by atoms with E-state index < -0.39 is 5.82 Å². The highest BCUT2D eigenvalue weighted by Gasteiger charge is 2.33. The number of aliphatic imine (C=N–C) groups is 1. The molecule has 1 aromatic heterocycles. The molecule has 1 fully saturated rings. The number of ketones is 1. The first-order valence-corrected chi connectivity index (χ1v) is 9.01. The molecule has 0 spiro atoms. The number of amidine groups is 1. The number of hydrogen-bond acceptors (Lipinski definition) is 4. The summed E-state index contributed by atoms with van der Waals surface area (Å²) in [5.74, 6) is 0.427. The number of carbonyl (C=O) groups excluding carboxylic acids is 1. The van der Waals surface area contributed by atoms with Crippen LogP contribution in [0.3, 0.4) is 0 Å². The van der Waals surface area contributed by atoms with E-state index in [1.807, 2.05) is 17.5 Å². The minimum absolute atomic E-state index is 0.0862. The Bertz CT molecular complexity index is 873. The average Bonchev–Trinajstić information content (AvgIpc) is 3.09. The summed E-state index contributed by atoms with van der Waals surface area (Å²) in [6, 6.07) is 8.01. The zero-order valence-corrected chi connectivity index (χ0v) is 14.3. The third-order valence-electron chi connectivity index (χ3n) is 4.27. The molecule has 1 atom stereocenters. The molecule has 0 saturated heterocycles. The molecule has 2 aromatic rings. The lowest BCUT2D eigenvalue weighted by Crippen LogP contribution is -2.37. The molecule has 4 rings (SSSR count). The van der Waals surface area contributed by atoms with Crippen molar-refractivity contribution in [2.45, 2.75) is 25.3 Å². The van der Waals surface area contributed by atoms with E-state index in [9.17, 15) is 9.18 Å². The van der Waals surface area contributed by atoms with Crippen LogP contribution in [0.2, 0.25) is 5.02 Å². The van der Waals surface area contributed by atoms with Crippen LogP contribution in [0, 0.1) is 5.82 Å². The van der Waals surface area contributed by atoms with Gasteiger partial charge in [-0.3, -0.25) is 9.79 Å². The van der Waals surface area contributed by atoms with E-state index in [4.69, 9.17) is 16.6 Å². The molecule has 0 radical (unpaired) electrons. The standard InChI is InChI=1S/C18H14ClFN2OS/c19-12-9-10(20)6-7-11(12)17-16-13(3-1-4-14(16)23)21-18(22-17)15-5-2-8-24-15/h2,5-9,13H,1,3-4H2,(H,21,22). The van der Waals surface area contributed by atoms with Crippen LogP contribution in [-0.2, 0) is 4.79 Å². The monoisotopic (exact) mass is 360 g/mol. The second-order valence-corrected chi connectivity index (χ2v) is 7.18. The number of hydrogen-bond donors (Lipinski definition) is 1. The fourth-order valence-corrected chi connectivity index (χ4v) is 4.11. The zero-order valence-electron chi connectivity index (χ0n) is 12.7. The van der Waals surface area contributed by atoms with E-state index in [2.05, 4.69) is 5.32 Å². The second-order valence-electron chi connectivity index (χ2n) is 5.82. The van der Waals surface area contributed by atoms with E-state index in [1.54, 1.807) is 17.4 Å². The van der Waals surface area contributed by atoms with Crippen molar-refractivity contribution in [2.75, 3.05) is 0 Å². The maximum atomic E-state index is 13.4. The topological polar surface area (TPSA) is 41.5 Å². The summed E-state index contributed by atoms with van der Waals surface area (Å²) in [6.07, 6.45) is 2.18. The fourth-order valence-electron chi connectivity index (χ4n) is 3.17. The van der Waals surface area contributed by atoms with Crippen LogP contribution < -0.4 is 5.32 Å². The van der Waals surface area contributed by atoms with E-state index >= 15 is 0 Å². The number of nitrogens with one attached hydrogen (secondary N) is 1. The minimum atomic E-state index is -0.399. The molecule has 1 aliphatic heterocycles. The number of benzene rings is 1. The highest BCUT2D eigenvalue weighted by atomic mass is 35.5. The van der Waals surface area contributed by atoms with Crippen LogP contribution in [0.25, 0.3) is 5.70 Å². The van der Waals surface area contributed by atoms with Gasteiger partial charge in [0, 0.05) is 17.6 Å². The van der Waals surface area contributed by atoms with Crippen molar-refractivity contribution in [1.29, 1.82) is 0 Å². The largest absolute Gasteiger partial charge is 0.338 e. The average molecular weight is 361 g/mol. The van der Waals surface area contributed by atoms with E-state index in [0.29, 0.717) is 23.3 Å². The van der Waals surface area contributed by atoms with Gasteiger partial charge in [-0.1, -0.05) is 17.7 Å².